The summed E-state index contributed by atoms with van der Waals surface area (Å²) in [5.41, 5.74) is 3.17. The molecule has 29 heavy (non-hydrogen) atoms. The normalized spacial score (nSPS) is 24.6. The average Bonchev–Trinajstić information content (AvgIpc) is 3.03. The van der Waals surface area contributed by atoms with E-state index in [4.69, 9.17) is 0 Å². The highest BCUT2D eigenvalue weighted by molar-refractivity contribution is 5.89. The van der Waals surface area contributed by atoms with Gasteiger partial charge in [-0.2, -0.15) is 0 Å². The third-order valence-corrected chi connectivity index (χ3v) is 6.05. The second-order valence-corrected chi connectivity index (χ2v) is 9.71. The molecule has 0 radical (unpaired) electrons. The lowest BCUT2D eigenvalue weighted by Gasteiger charge is -2.37. The fourth-order valence-electron chi connectivity index (χ4n) is 4.74. The number of allylic oxidation sites excluding steroid dienone is 1. The summed E-state index contributed by atoms with van der Waals surface area (Å²) in [6.07, 6.45) is 5.04. The van der Waals surface area contributed by atoms with E-state index in [9.17, 15) is 9.59 Å². The predicted molar refractivity (Wildman–Crippen MR) is 117 cm³/mol. The van der Waals surface area contributed by atoms with Crippen LogP contribution in [0.2, 0.25) is 0 Å². The van der Waals surface area contributed by atoms with Crippen molar-refractivity contribution in [2.24, 2.45) is 17.8 Å². The maximum Gasteiger partial charge on any atom is 0.223 e. The number of hydrogen-bond acceptors (Lipinski definition) is 3. The number of rotatable bonds is 5. The summed E-state index contributed by atoms with van der Waals surface area (Å²) in [4.78, 5) is 27.0. The molecule has 2 aliphatic rings. The first kappa shape index (κ1) is 21.6. The van der Waals surface area contributed by atoms with Crippen LogP contribution in [0.5, 0.6) is 0 Å². The second kappa shape index (κ2) is 8.70. The molecule has 0 aromatic heterocycles. The fourth-order valence-corrected chi connectivity index (χ4v) is 4.74. The number of carbonyl (C=O) groups excluding carboxylic acids is 2. The first-order valence-corrected chi connectivity index (χ1v) is 10.7. The number of carbonyl (C=O) groups is 2. The number of fused-ring (bicyclic) bond motifs is 1. The lowest BCUT2D eigenvalue weighted by molar-refractivity contribution is -0.130. The molecule has 3 unspecified atom stereocenters. The lowest BCUT2D eigenvalue weighted by atomic mass is 9.73. The Bertz CT molecular complexity index is 781. The van der Waals surface area contributed by atoms with Crippen LogP contribution in [-0.2, 0) is 22.7 Å². The summed E-state index contributed by atoms with van der Waals surface area (Å²) >= 11 is 0. The number of nitrogens with zero attached hydrogens (tertiary/aromatic N) is 1. The monoisotopic (exact) mass is 397 g/mol. The van der Waals surface area contributed by atoms with Crippen molar-refractivity contribution in [3.05, 3.63) is 42.0 Å². The van der Waals surface area contributed by atoms with E-state index < -0.39 is 0 Å². The molecule has 5 heteroatoms. The van der Waals surface area contributed by atoms with E-state index in [1.54, 1.807) is 6.92 Å². The minimum absolute atomic E-state index is 0.0181. The molecule has 1 fully saturated rings. The molecule has 1 aliphatic carbocycles. The smallest absolute Gasteiger partial charge is 0.223 e. The van der Waals surface area contributed by atoms with Crippen LogP contribution < -0.4 is 10.6 Å². The zero-order chi connectivity index (χ0) is 21.2. The average molecular weight is 398 g/mol. The van der Waals surface area contributed by atoms with Crippen molar-refractivity contribution in [2.75, 3.05) is 11.9 Å². The van der Waals surface area contributed by atoms with Crippen molar-refractivity contribution in [1.82, 2.24) is 10.2 Å². The number of hydrogen-bond donors (Lipinski definition) is 2. The first-order valence-electron chi connectivity index (χ1n) is 10.7. The van der Waals surface area contributed by atoms with Gasteiger partial charge in [0.15, 0.2) is 0 Å². The molecule has 1 aromatic carbocycles. The molecule has 0 saturated heterocycles. The highest BCUT2D eigenvalue weighted by Crippen LogP contribution is 2.38. The number of amides is 2. The molecule has 2 N–H and O–H groups in total. The van der Waals surface area contributed by atoms with E-state index in [2.05, 4.69) is 28.2 Å². The van der Waals surface area contributed by atoms with Gasteiger partial charge in [0.05, 0.1) is 0 Å². The fraction of sp³-hybridized carbons (Fsp3) is 0.583. The van der Waals surface area contributed by atoms with Crippen molar-refractivity contribution in [2.45, 2.75) is 65.6 Å². The van der Waals surface area contributed by atoms with Crippen molar-refractivity contribution >= 4 is 17.5 Å². The quantitative estimate of drug-likeness (QED) is 0.736. The van der Waals surface area contributed by atoms with Crippen LogP contribution in [0.4, 0.5) is 5.69 Å². The van der Waals surface area contributed by atoms with Gasteiger partial charge in [-0.3, -0.25) is 14.5 Å². The van der Waals surface area contributed by atoms with Crippen LogP contribution in [0.3, 0.4) is 0 Å². The minimum atomic E-state index is -0.222. The van der Waals surface area contributed by atoms with Gasteiger partial charge in [-0.1, -0.05) is 18.2 Å². The Kier molecular flexibility index (Phi) is 6.47. The van der Waals surface area contributed by atoms with Gasteiger partial charge in [-0.25, -0.2) is 0 Å². The highest BCUT2D eigenvalue weighted by Gasteiger charge is 2.37. The van der Waals surface area contributed by atoms with Crippen molar-refractivity contribution in [3.8, 4) is 0 Å². The van der Waals surface area contributed by atoms with Crippen molar-refractivity contribution in [1.29, 1.82) is 0 Å². The third kappa shape index (κ3) is 5.47. The van der Waals surface area contributed by atoms with Crippen LogP contribution in [0.15, 0.2) is 30.9 Å². The molecule has 0 spiro atoms. The largest absolute Gasteiger partial charge is 0.351 e. The van der Waals surface area contributed by atoms with Gasteiger partial charge in [-0.05, 0) is 69.1 Å². The van der Waals surface area contributed by atoms with Crippen molar-refractivity contribution in [3.63, 3.8) is 0 Å². The maximum atomic E-state index is 13.0. The zero-order valence-corrected chi connectivity index (χ0v) is 18.3. The third-order valence-electron chi connectivity index (χ3n) is 6.05. The summed E-state index contributed by atoms with van der Waals surface area (Å²) in [6, 6.07) is 6.11. The molecule has 3 rings (SSSR count). The van der Waals surface area contributed by atoms with Crippen LogP contribution in [-0.4, -0.2) is 28.8 Å². The molecule has 2 amide bonds. The molecule has 1 saturated carbocycles. The van der Waals surface area contributed by atoms with Gasteiger partial charge >= 0.3 is 0 Å². The number of nitrogens with one attached hydrogen (secondary N) is 2. The molecule has 0 bridgehead atoms. The minimum Gasteiger partial charge on any atom is -0.351 e. The number of anilines is 1. The van der Waals surface area contributed by atoms with Crippen LogP contribution in [0, 0.1) is 17.8 Å². The summed E-state index contributed by atoms with van der Waals surface area (Å²) in [5, 5.41) is 6.15. The molecule has 1 aromatic rings. The van der Waals surface area contributed by atoms with E-state index in [-0.39, 0.29) is 23.3 Å². The predicted octanol–water partition coefficient (Wildman–Crippen LogP) is 4.09. The Morgan fingerprint density at radius 1 is 1.24 bits per heavy atom. The van der Waals surface area contributed by atoms with E-state index in [1.807, 2.05) is 39.0 Å². The van der Waals surface area contributed by atoms with Gasteiger partial charge < -0.3 is 10.6 Å². The van der Waals surface area contributed by atoms with E-state index in [0.717, 1.165) is 44.6 Å². The van der Waals surface area contributed by atoms with Gasteiger partial charge in [0.2, 0.25) is 11.8 Å². The summed E-state index contributed by atoms with van der Waals surface area (Å²) in [6.45, 7) is 14.2. The van der Waals surface area contributed by atoms with Crippen LogP contribution >= 0.6 is 0 Å². The standard InChI is InChI=1S/C24H35N3O2/c1-6-17-10-11-19(20(12-17)23(29)26-24(3,4)5)14-27-13-18-8-7-9-22(21(18)15-27)25-16(2)28/h6-9,17,19-20H,1,10-15H2,2-5H3,(H,25,28)(H,26,29). The van der Waals surface area contributed by atoms with Gasteiger partial charge in [0.1, 0.15) is 0 Å². The Hall–Kier alpha value is -2.14. The van der Waals surface area contributed by atoms with E-state index in [1.165, 1.54) is 11.1 Å². The van der Waals surface area contributed by atoms with E-state index >= 15 is 0 Å². The van der Waals surface area contributed by atoms with Crippen LogP contribution in [0.25, 0.3) is 0 Å². The molecule has 1 aliphatic heterocycles. The molecule has 158 valence electrons. The molecule has 3 atom stereocenters. The Balaban J connectivity index is 1.71. The Morgan fingerprint density at radius 2 is 2.00 bits per heavy atom. The van der Waals surface area contributed by atoms with E-state index in [0.29, 0.717) is 11.8 Å². The lowest BCUT2D eigenvalue weighted by Crippen LogP contribution is -2.48. The topological polar surface area (TPSA) is 61.4 Å². The SMILES string of the molecule is C=CC1CCC(CN2Cc3cccc(NC(C)=O)c3C2)C(C(=O)NC(C)(C)C)C1. The second-order valence-electron chi connectivity index (χ2n) is 9.71. The molecular formula is C24H35N3O2. The Morgan fingerprint density at radius 3 is 2.66 bits per heavy atom. The molecular weight excluding hydrogens is 362 g/mol. The number of benzene rings is 1. The van der Waals surface area contributed by atoms with Gasteiger partial charge in [0.25, 0.3) is 0 Å². The van der Waals surface area contributed by atoms with Gasteiger partial charge in [-0.15, -0.1) is 6.58 Å². The molecule has 5 nitrogen and oxygen atoms in total. The maximum absolute atomic E-state index is 13.0. The highest BCUT2D eigenvalue weighted by atomic mass is 16.2. The van der Waals surface area contributed by atoms with Crippen molar-refractivity contribution < 1.29 is 9.59 Å². The van der Waals surface area contributed by atoms with Crippen LogP contribution in [0.1, 0.15) is 58.1 Å². The first-order chi connectivity index (χ1) is 13.7. The van der Waals surface area contributed by atoms with Gasteiger partial charge in [0, 0.05) is 43.7 Å². The Labute approximate surface area is 174 Å². The zero-order valence-electron chi connectivity index (χ0n) is 18.3. The summed E-state index contributed by atoms with van der Waals surface area (Å²) < 4.78 is 0. The molecule has 1 heterocycles. The summed E-state index contributed by atoms with van der Waals surface area (Å²) in [7, 11) is 0. The summed E-state index contributed by atoms with van der Waals surface area (Å²) in [5.74, 6) is 0.906.